The van der Waals surface area contributed by atoms with Gasteiger partial charge in [-0.15, -0.1) is 11.3 Å². The topological polar surface area (TPSA) is 42.0 Å². The number of nitrogens with one attached hydrogen (secondary N) is 1. The highest BCUT2D eigenvalue weighted by Crippen LogP contribution is 2.23. The number of thiazole rings is 1. The Kier molecular flexibility index (Phi) is 4.90. The number of amides is 1. The molecule has 1 amide bonds. The minimum Gasteiger partial charge on any atom is -0.350 e. The van der Waals surface area contributed by atoms with Gasteiger partial charge in [0.15, 0.2) is 0 Å². The second-order valence-corrected chi connectivity index (χ2v) is 6.24. The van der Waals surface area contributed by atoms with Gasteiger partial charge in [0.25, 0.3) is 0 Å². The van der Waals surface area contributed by atoms with E-state index in [2.05, 4.69) is 41.5 Å². The van der Waals surface area contributed by atoms with E-state index in [9.17, 15) is 4.79 Å². The molecule has 0 fully saturated rings. The highest BCUT2D eigenvalue weighted by Gasteiger charge is 2.07. The Hall–Kier alpha value is -1.68. The molecule has 0 unspecified atom stereocenters. The molecule has 106 valence electrons. The van der Waals surface area contributed by atoms with E-state index in [1.807, 2.05) is 19.2 Å². The van der Waals surface area contributed by atoms with Crippen LogP contribution in [0.1, 0.15) is 31.5 Å². The van der Waals surface area contributed by atoms with Crippen molar-refractivity contribution in [3.05, 3.63) is 40.9 Å². The highest BCUT2D eigenvalue weighted by molar-refractivity contribution is 7.13. The predicted molar refractivity (Wildman–Crippen MR) is 83.6 cm³/mol. The second kappa shape index (κ2) is 6.66. The van der Waals surface area contributed by atoms with Gasteiger partial charge in [-0.2, -0.15) is 0 Å². The summed E-state index contributed by atoms with van der Waals surface area (Å²) in [6, 6.07) is 8.33. The van der Waals surface area contributed by atoms with Crippen molar-refractivity contribution in [3.8, 4) is 10.6 Å². The Labute approximate surface area is 124 Å². The van der Waals surface area contributed by atoms with Gasteiger partial charge >= 0.3 is 0 Å². The summed E-state index contributed by atoms with van der Waals surface area (Å²) >= 11 is 1.61. The molecule has 0 aliphatic rings. The number of rotatable bonds is 5. The number of hydrogen-bond acceptors (Lipinski definition) is 3. The number of carbonyl (C=O) groups is 1. The number of hydrogen-bond donors (Lipinski definition) is 1. The Morgan fingerprint density at radius 3 is 2.65 bits per heavy atom. The molecular formula is C16H20N2OS. The molecule has 0 aliphatic heterocycles. The fourth-order valence-corrected chi connectivity index (χ4v) is 2.67. The SMILES string of the molecule is Cc1ccc(-c2nc(CNC(=O)CC(C)C)cs2)cc1. The first kappa shape index (κ1) is 14.7. The van der Waals surface area contributed by atoms with E-state index in [1.54, 1.807) is 11.3 Å². The zero-order valence-electron chi connectivity index (χ0n) is 12.1. The zero-order valence-corrected chi connectivity index (χ0v) is 13.0. The third kappa shape index (κ3) is 4.17. The molecule has 0 saturated carbocycles. The molecule has 1 aromatic carbocycles. The summed E-state index contributed by atoms with van der Waals surface area (Å²) in [5.41, 5.74) is 3.29. The molecule has 0 atom stereocenters. The summed E-state index contributed by atoms with van der Waals surface area (Å²) in [6.45, 7) is 6.66. The minimum absolute atomic E-state index is 0.0879. The van der Waals surface area contributed by atoms with E-state index in [1.165, 1.54) is 5.56 Å². The maximum Gasteiger partial charge on any atom is 0.220 e. The number of carbonyl (C=O) groups excluding carboxylic acids is 1. The van der Waals surface area contributed by atoms with Crippen molar-refractivity contribution in [2.45, 2.75) is 33.7 Å². The monoisotopic (exact) mass is 288 g/mol. The summed E-state index contributed by atoms with van der Waals surface area (Å²) in [5.74, 6) is 0.471. The molecule has 3 nitrogen and oxygen atoms in total. The fraction of sp³-hybridized carbons (Fsp3) is 0.375. The van der Waals surface area contributed by atoms with Crippen LogP contribution in [0.2, 0.25) is 0 Å². The van der Waals surface area contributed by atoms with Crippen molar-refractivity contribution in [1.82, 2.24) is 10.3 Å². The first-order valence-electron chi connectivity index (χ1n) is 6.82. The Bertz CT molecular complexity index is 572. The van der Waals surface area contributed by atoms with Crippen molar-refractivity contribution in [3.63, 3.8) is 0 Å². The Morgan fingerprint density at radius 1 is 1.30 bits per heavy atom. The summed E-state index contributed by atoms with van der Waals surface area (Å²) < 4.78 is 0. The second-order valence-electron chi connectivity index (χ2n) is 5.38. The molecule has 0 aliphatic carbocycles. The lowest BCUT2D eigenvalue weighted by atomic mass is 10.1. The molecule has 4 heteroatoms. The van der Waals surface area contributed by atoms with Gasteiger partial charge in [-0.1, -0.05) is 43.7 Å². The van der Waals surface area contributed by atoms with Crippen LogP contribution in [-0.2, 0) is 11.3 Å². The predicted octanol–water partition coefficient (Wildman–Crippen LogP) is 3.78. The standard InChI is InChI=1S/C16H20N2OS/c1-11(2)8-15(19)17-9-14-10-20-16(18-14)13-6-4-12(3)5-7-13/h4-7,10-11H,8-9H2,1-3H3,(H,17,19). The van der Waals surface area contributed by atoms with Gasteiger partial charge in [0, 0.05) is 17.4 Å². The van der Waals surface area contributed by atoms with Gasteiger partial charge in [0.05, 0.1) is 12.2 Å². The number of aryl methyl sites for hydroxylation is 1. The van der Waals surface area contributed by atoms with Crippen molar-refractivity contribution >= 4 is 17.2 Å². The highest BCUT2D eigenvalue weighted by atomic mass is 32.1. The van der Waals surface area contributed by atoms with E-state index in [-0.39, 0.29) is 5.91 Å². The number of nitrogens with zero attached hydrogens (tertiary/aromatic N) is 1. The van der Waals surface area contributed by atoms with Crippen LogP contribution < -0.4 is 5.32 Å². The number of aromatic nitrogens is 1. The van der Waals surface area contributed by atoms with Gasteiger partial charge in [-0.25, -0.2) is 4.98 Å². The molecule has 1 N–H and O–H groups in total. The quantitative estimate of drug-likeness (QED) is 0.909. The smallest absolute Gasteiger partial charge is 0.220 e. The van der Waals surface area contributed by atoms with Gasteiger partial charge in [0.2, 0.25) is 5.91 Å². The largest absolute Gasteiger partial charge is 0.350 e. The molecule has 0 saturated heterocycles. The van der Waals surface area contributed by atoms with E-state index >= 15 is 0 Å². The van der Waals surface area contributed by atoms with Gasteiger partial charge in [-0.3, -0.25) is 4.79 Å². The maximum atomic E-state index is 11.6. The lowest BCUT2D eigenvalue weighted by Crippen LogP contribution is -2.24. The van der Waals surface area contributed by atoms with Crippen LogP contribution in [0.25, 0.3) is 10.6 Å². The van der Waals surface area contributed by atoms with Crippen LogP contribution in [-0.4, -0.2) is 10.9 Å². The Balaban J connectivity index is 1.95. The lowest BCUT2D eigenvalue weighted by molar-refractivity contribution is -0.121. The molecule has 0 radical (unpaired) electrons. The van der Waals surface area contributed by atoms with Crippen LogP contribution in [0.5, 0.6) is 0 Å². The van der Waals surface area contributed by atoms with Crippen LogP contribution in [0.3, 0.4) is 0 Å². The third-order valence-electron chi connectivity index (χ3n) is 2.91. The molecule has 0 spiro atoms. The number of benzene rings is 1. The average Bonchev–Trinajstić information content (AvgIpc) is 2.85. The summed E-state index contributed by atoms with van der Waals surface area (Å²) in [6.07, 6.45) is 0.564. The van der Waals surface area contributed by atoms with Gasteiger partial charge in [0.1, 0.15) is 5.01 Å². The summed E-state index contributed by atoms with van der Waals surface area (Å²) in [5, 5.41) is 5.91. The van der Waals surface area contributed by atoms with Crippen LogP contribution in [0.4, 0.5) is 0 Å². The van der Waals surface area contributed by atoms with Gasteiger partial charge in [-0.05, 0) is 12.8 Å². The van der Waals surface area contributed by atoms with E-state index in [4.69, 9.17) is 0 Å². The summed E-state index contributed by atoms with van der Waals surface area (Å²) in [4.78, 5) is 16.2. The zero-order chi connectivity index (χ0) is 14.5. The van der Waals surface area contributed by atoms with Crippen LogP contribution >= 0.6 is 11.3 Å². The average molecular weight is 288 g/mol. The normalized spacial score (nSPS) is 10.8. The van der Waals surface area contributed by atoms with E-state index in [0.717, 1.165) is 16.3 Å². The summed E-state index contributed by atoms with van der Waals surface area (Å²) in [7, 11) is 0. The van der Waals surface area contributed by atoms with Gasteiger partial charge < -0.3 is 5.32 Å². The van der Waals surface area contributed by atoms with Crippen LogP contribution in [0.15, 0.2) is 29.6 Å². The Morgan fingerprint density at radius 2 is 2.00 bits per heavy atom. The molecular weight excluding hydrogens is 268 g/mol. The van der Waals surface area contributed by atoms with E-state index < -0.39 is 0 Å². The van der Waals surface area contributed by atoms with E-state index in [0.29, 0.717) is 18.9 Å². The molecule has 1 aromatic heterocycles. The minimum atomic E-state index is 0.0879. The van der Waals surface area contributed by atoms with Crippen molar-refractivity contribution in [1.29, 1.82) is 0 Å². The molecule has 0 bridgehead atoms. The lowest BCUT2D eigenvalue weighted by Gasteiger charge is -2.05. The first-order chi connectivity index (χ1) is 9.54. The molecule has 20 heavy (non-hydrogen) atoms. The molecule has 2 rings (SSSR count). The third-order valence-corrected chi connectivity index (χ3v) is 3.85. The first-order valence-corrected chi connectivity index (χ1v) is 7.70. The molecule has 2 aromatic rings. The maximum absolute atomic E-state index is 11.6. The fourth-order valence-electron chi connectivity index (χ4n) is 1.85. The van der Waals surface area contributed by atoms with Crippen molar-refractivity contribution in [2.75, 3.05) is 0 Å². The van der Waals surface area contributed by atoms with Crippen molar-refractivity contribution in [2.24, 2.45) is 5.92 Å². The molecule has 1 heterocycles. The van der Waals surface area contributed by atoms with Crippen LogP contribution in [0, 0.1) is 12.8 Å². The van der Waals surface area contributed by atoms with Crippen molar-refractivity contribution < 1.29 is 4.79 Å².